The maximum Gasteiger partial charge on any atom is 0.339 e. The molecule has 8 heteroatoms. The van der Waals surface area contributed by atoms with Crippen molar-refractivity contribution in [2.45, 2.75) is 32.8 Å². The summed E-state index contributed by atoms with van der Waals surface area (Å²) in [6.45, 7) is 3.12. The van der Waals surface area contributed by atoms with Crippen LogP contribution in [0, 0.1) is 0 Å². The van der Waals surface area contributed by atoms with E-state index in [2.05, 4.69) is 0 Å². The Balaban J connectivity index is 1.65. The number of hydrogen-bond donors (Lipinski definition) is 3. The van der Waals surface area contributed by atoms with Crippen LogP contribution in [0.4, 0.5) is 0 Å². The minimum absolute atomic E-state index is 0.0982. The molecule has 3 rings (SSSR count). The summed E-state index contributed by atoms with van der Waals surface area (Å²) in [7, 11) is 0. The van der Waals surface area contributed by atoms with Crippen LogP contribution in [0.25, 0.3) is 11.0 Å². The molecule has 3 aromatic rings. The van der Waals surface area contributed by atoms with Gasteiger partial charge in [-0.2, -0.15) is 0 Å². The predicted molar refractivity (Wildman–Crippen MR) is 113 cm³/mol. The fraction of sp³-hybridized carbons (Fsp3) is 0.304. The molecule has 0 fully saturated rings. The summed E-state index contributed by atoms with van der Waals surface area (Å²) in [5.74, 6) is 0.211. The minimum Gasteiger partial charge on any atom is -0.507 e. The van der Waals surface area contributed by atoms with Crippen LogP contribution in [0.15, 0.2) is 45.6 Å². The first-order valence-electron chi connectivity index (χ1n) is 9.86. The first-order chi connectivity index (χ1) is 14.8. The zero-order chi connectivity index (χ0) is 22.5. The van der Waals surface area contributed by atoms with Crippen LogP contribution in [0.5, 0.6) is 23.0 Å². The van der Waals surface area contributed by atoms with Crippen molar-refractivity contribution in [3.8, 4) is 23.0 Å². The second-order valence-electron chi connectivity index (χ2n) is 7.13. The Labute approximate surface area is 178 Å². The fourth-order valence-corrected chi connectivity index (χ4v) is 3.17. The standard InChI is InChI=1S/C23H24O8/c1-3-4-18-20(8-7-16(13(2)24)23(18)28)30-12-14(25)11-29-15-5-6-17-19(26)10-22(27)31-21(17)9-15/h5-10,14,25-26,28H,3-4,11-12H2,1-2H3. The summed E-state index contributed by atoms with van der Waals surface area (Å²) in [5, 5.41) is 30.7. The molecule has 1 unspecified atom stereocenters. The maximum absolute atomic E-state index is 11.6. The molecule has 164 valence electrons. The van der Waals surface area contributed by atoms with E-state index in [4.69, 9.17) is 13.9 Å². The SMILES string of the molecule is CCCc1c(OCC(O)COc2ccc3c(O)cc(=O)oc3c2)ccc(C(C)=O)c1O. The second-order valence-corrected chi connectivity index (χ2v) is 7.13. The average molecular weight is 428 g/mol. The number of aliphatic hydroxyl groups excluding tert-OH is 1. The van der Waals surface area contributed by atoms with Crippen LogP contribution in [0.2, 0.25) is 0 Å². The monoisotopic (exact) mass is 428 g/mol. The van der Waals surface area contributed by atoms with Gasteiger partial charge in [0.2, 0.25) is 0 Å². The van der Waals surface area contributed by atoms with Crippen LogP contribution >= 0.6 is 0 Å². The van der Waals surface area contributed by atoms with Crippen molar-refractivity contribution >= 4 is 16.8 Å². The van der Waals surface area contributed by atoms with E-state index in [0.29, 0.717) is 28.9 Å². The van der Waals surface area contributed by atoms with Gasteiger partial charge in [0.05, 0.1) is 17.0 Å². The number of ketones is 1. The molecular formula is C23H24O8. The van der Waals surface area contributed by atoms with E-state index in [0.717, 1.165) is 12.5 Å². The number of Topliss-reactive ketones (excluding diaryl/α,β-unsaturated/α-hetero) is 1. The largest absolute Gasteiger partial charge is 0.507 e. The lowest BCUT2D eigenvalue weighted by Crippen LogP contribution is -2.25. The third kappa shape index (κ3) is 5.16. The van der Waals surface area contributed by atoms with Crippen LogP contribution in [-0.4, -0.2) is 40.4 Å². The molecule has 0 bridgehead atoms. The van der Waals surface area contributed by atoms with Gasteiger partial charge in [-0.3, -0.25) is 4.79 Å². The molecule has 0 aliphatic carbocycles. The molecule has 1 heterocycles. The molecule has 0 spiro atoms. The van der Waals surface area contributed by atoms with Gasteiger partial charge in [-0.1, -0.05) is 13.3 Å². The van der Waals surface area contributed by atoms with E-state index >= 15 is 0 Å². The van der Waals surface area contributed by atoms with Gasteiger partial charge in [-0.15, -0.1) is 0 Å². The van der Waals surface area contributed by atoms with Crippen molar-refractivity contribution in [2.75, 3.05) is 13.2 Å². The Bertz CT molecular complexity index is 1150. The van der Waals surface area contributed by atoms with Crippen LogP contribution in [0.1, 0.15) is 36.2 Å². The zero-order valence-corrected chi connectivity index (χ0v) is 17.3. The number of benzene rings is 2. The lowest BCUT2D eigenvalue weighted by atomic mass is 10.0. The number of carbonyl (C=O) groups excluding carboxylic acids is 1. The van der Waals surface area contributed by atoms with Crippen molar-refractivity contribution in [3.63, 3.8) is 0 Å². The molecule has 0 amide bonds. The van der Waals surface area contributed by atoms with E-state index in [1.54, 1.807) is 18.2 Å². The van der Waals surface area contributed by atoms with Gasteiger partial charge in [0.1, 0.15) is 47.9 Å². The van der Waals surface area contributed by atoms with E-state index in [9.17, 15) is 24.9 Å². The van der Waals surface area contributed by atoms with Crippen molar-refractivity contribution in [1.82, 2.24) is 0 Å². The van der Waals surface area contributed by atoms with Gasteiger partial charge >= 0.3 is 5.63 Å². The zero-order valence-electron chi connectivity index (χ0n) is 17.3. The summed E-state index contributed by atoms with van der Waals surface area (Å²) in [5.41, 5.74) is 0.234. The van der Waals surface area contributed by atoms with Gasteiger partial charge in [0.15, 0.2) is 5.78 Å². The third-order valence-electron chi connectivity index (χ3n) is 4.69. The Morgan fingerprint density at radius 3 is 2.55 bits per heavy atom. The molecule has 0 aliphatic rings. The normalized spacial score (nSPS) is 12.0. The van der Waals surface area contributed by atoms with E-state index in [1.807, 2.05) is 6.92 Å². The van der Waals surface area contributed by atoms with Gasteiger partial charge in [-0.25, -0.2) is 4.79 Å². The summed E-state index contributed by atoms with van der Waals surface area (Å²) in [6.07, 6.45) is 0.269. The second kappa shape index (κ2) is 9.53. The Morgan fingerprint density at radius 1 is 1.10 bits per heavy atom. The number of rotatable bonds is 9. The molecule has 0 radical (unpaired) electrons. The summed E-state index contributed by atoms with van der Waals surface area (Å²) < 4.78 is 16.2. The summed E-state index contributed by atoms with van der Waals surface area (Å²) >= 11 is 0. The highest BCUT2D eigenvalue weighted by atomic mass is 16.5. The number of ether oxygens (including phenoxy) is 2. The molecule has 1 aromatic heterocycles. The van der Waals surface area contributed by atoms with Crippen molar-refractivity contribution in [2.24, 2.45) is 0 Å². The van der Waals surface area contributed by atoms with Crippen LogP contribution in [-0.2, 0) is 6.42 Å². The lowest BCUT2D eigenvalue weighted by Gasteiger charge is -2.17. The highest BCUT2D eigenvalue weighted by Crippen LogP contribution is 2.33. The number of aliphatic hydroxyl groups is 1. The summed E-state index contributed by atoms with van der Waals surface area (Å²) in [4.78, 5) is 23.0. The number of phenols is 1. The molecule has 0 saturated heterocycles. The predicted octanol–water partition coefficient (Wildman–Crippen LogP) is 3.18. The van der Waals surface area contributed by atoms with Gasteiger partial charge in [0.25, 0.3) is 0 Å². The molecule has 2 aromatic carbocycles. The topological polar surface area (TPSA) is 126 Å². The fourth-order valence-electron chi connectivity index (χ4n) is 3.17. The number of fused-ring (bicyclic) bond motifs is 1. The third-order valence-corrected chi connectivity index (χ3v) is 4.69. The molecule has 0 saturated carbocycles. The van der Waals surface area contributed by atoms with Gasteiger partial charge < -0.3 is 29.2 Å². The lowest BCUT2D eigenvalue weighted by molar-refractivity contribution is 0.0622. The molecule has 8 nitrogen and oxygen atoms in total. The first kappa shape index (κ1) is 22.2. The van der Waals surface area contributed by atoms with E-state index in [-0.39, 0.29) is 41.6 Å². The van der Waals surface area contributed by atoms with Crippen LogP contribution < -0.4 is 15.1 Å². The number of phenolic OH excluding ortho intramolecular Hbond substituents is 1. The van der Waals surface area contributed by atoms with E-state index in [1.165, 1.54) is 19.1 Å². The quantitative estimate of drug-likeness (QED) is 0.350. The van der Waals surface area contributed by atoms with Crippen molar-refractivity contribution in [1.29, 1.82) is 0 Å². The average Bonchev–Trinajstić information content (AvgIpc) is 2.72. The van der Waals surface area contributed by atoms with Crippen molar-refractivity contribution in [3.05, 3.63) is 57.9 Å². The molecule has 1 atom stereocenters. The number of carbonyl (C=O) groups is 1. The smallest absolute Gasteiger partial charge is 0.339 e. The highest BCUT2D eigenvalue weighted by molar-refractivity contribution is 5.97. The Kier molecular flexibility index (Phi) is 6.81. The number of hydrogen-bond acceptors (Lipinski definition) is 8. The summed E-state index contributed by atoms with van der Waals surface area (Å²) in [6, 6.07) is 8.65. The first-order valence-corrected chi connectivity index (χ1v) is 9.86. The Morgan fingerprint density at radius 2 is 1.84 bits per heavy atom. The number of aromatic hydroxyl groups is 2. The van der Waals surface area contributed by atoms with Gasteiger partial charge in [0, 0.05) is 11.6 Å². The van der Waals surface area contributed by atoms with Gasteiger partial charge in [-0.05, 0) is 37.6 Å². The van der Waals surface area contributed by atoms with E-state index < -0.39 is 11.7 Å². The molecule has 31 heavy (non-hydrogen) atoms. The molecular weight excluding hydrogens is 404 g/mol. The highest BCUT2D eigenvalue weighted by Gasteiger charge is 2.17. The Hall–Kier alpha value is -3.52. The van der Waals surface area contributed by atoms with Crippen molar-refractivity contribution < 1.29 is 34.0 Å². The molecule has 3 N–H and O–H groups in total. The minimum atomic E-state index is -0.990. The molecule has 0 aliphatic heterocycles. The maximum atomic E-state index is 11.6. The van der Waals surface area contributed by atoms with Crippen LogP contribution in [0.3, 0.4) is 0 Å².